The van der Waals surface area contributed by atoms with Gasteiger partial charge in [-0.3, -0.25) is 0 Å². The highest BCUT2D eigenvalue weighted by molar-refractivity contribution is 5.38. The summed E-state index contributed by atoms with van der Waals surface area (Å²) in [6.45, 7) is 0. The topological polar surface area (TPSA) is 59.1 Å². The molecule has 6 heteroatoms. The summed E-state index contributed by atoms with van der Waals surface area (Å²) in [6.07, 6.45) is -6.21. The lowest BCUT2D eigenvalue weighted by molar-refractivity contribution is -0.203. The van der Waals surface area contributed by atoms with Crippen LogP contribution in [0.5, 0.6) is 0 Å². The van der Waals surface area contributed by atoms with Crippen molar-refractivity contribution in [2.45, 2.75) is 18.7 Å². The van der Waals surface area contributed by atoms with Crippen molar-refractivity contribution in [1.82, 2.24) is 4.98 Å². The van der Waals surface area contributed by atoms with Crippen molar-refractivity contribution < 1.29 is 18.3 Å². The first-order valence-corrected chi connectivity index (χ1v) is 3.85. The summed E-state index contributed by atoms with van der Waals surface area (Å²) in [5.74, 6) is 0.0100. The lowest BCUT2D eigenvalue weighted by Crippen LogP contribution is -2.30. The number of nitrogens with zero attached hydrogens (tertiary/aromatic N) is 1. The summed E-state index contributed by atoms with van der Waals surface area (Å²) in [4.78, 5) is 3.61. The minimum atomic E-state index is -4.62. The predicted molar refractivity (Wildman–Crippen MR) is 44.4 cm³/mol. The molecule has 0 aromatic carbocycles. The van der Waals surface area contributed by atoms with Crippen LogP contribution in [0.15, 0.2) is 18.3 Å². The van der Waals surface area contributed by atoms with Crippen LogP contribution >= 0.6 is 0 Å². The maximum atomic E-state index is 12.0. The van der Waals surface area contributed by atoms with E-state index in [0.29, 0.717) is 0 Å². The Kier molecular flexibility index (Phi) is 2.95. The molecular formula is C8H9F3N2O. The van der Waals surface area contributed by atoms with E-state index >= 15 is 0 Å². The van der Waals surface area contributed by atoms with Crippen molar-refractivity contribution in [2.24, 2.45) is 0 Å². The zero-order valence-electron chi connectivity index (χ0n) is 7.12. The number of hydrogen-bond donors (Lipinski definition) is 2. The zero-order valence-corrected chi connectivity index (χ0v) is 7.12. The molecule has 14 heavy (non-hydrogen) atoms. The average molecular weight is 206 g/mol. The number of hydrogen-bond acceptors (Lipinski definition) is 3. The van der Waals surface area contributed by atoms with Crippen LogP contribution in [0.1, 0.15) is 5.56 Å². The Balaban J connectivity index is 2.75. The third kappa shape index (κ3) is 2.59. The van der Waals surface area contributed by atoms with Gasteiger partial charge in [0, 0.05) is 12.6 Å². The van der Waals surface area contributed by atoms with Gasteiger partial charge in [0.05, 0.1) is 0 Å². The molecule has 0 amide bonds. The minimum Gasteiger partial charge on any atom is -0.383 e. The third-order valence-corrected chi connectivity index (χ3v) is 1.72. The van der Waals surface area contributed by atoms with Gasteiger partial charge in [-0.1, -0.05) is 6.07 Å². The number of alkyl halides is 3. The fraction of sp³-hybridized carbons (Fsp3) is 0.375. The second-order valence-electron chi connectivity index (χ2n) is 2.81. The summed E-state index contributed by atoms with van der Waals surface area (Å²) in [6, 6.07) is 2.87. The maximum Gasteiger partial charge on any atom is 0.414 e. The van der Waals surface area contributed by atoms with E-state index < -0.39 is 18.7 Å². The smallest absolute Gasteiger partial charge is 0.383 e. The highest BCUT2D eigenvalue weighted by atomic mass is 19.4. The summed E-state index contributed by atoms with van der Waals surface area (Å²) in [7, 11) is 0. The number of nitrogen functional groups attached to an aromatic ring is 1. The third-order valence-electron chi connectivity index (χ3n) is 1.72. The second kappa shape index (κ2) is 3.83. The van der Waals surface area contributed by atoms with Crippen LogP contribution < -0.4 is 5.73 Å². The second-order valence-corrected chi connectivity index (χ2v) is 2.81. The molecule has 0 saturated heterocycles. The monoisotopic (exact) mass is 206 g/mol. The minimum absolute atomic E-state index is 0.0100. The summed E-state index contributed by atoms with van der Waals surface area (Å²) >= 11 is 0. The van der Waals surface area contributed by atoms with Crippen molar-refractivity contribution in [2.75, 3.05) is 5.73 Å². The van der Waals surface area contributed by atoms with Crippen LogP contribution in [0.2, 0.25) is 0 Å². The standard InChI is InChI=1S/C8H9F3N2O/c9-8(10,11)6(14)4-5-2-1-3-13-7(5)12/h1-3,6,14H,4H2,(H2,12,13). The van der Waals surface area contributed by atoms with Gasteiger partial charge in [0.25, 0.3) is 0 Å². The number of aliphatic hydroxyl groups excluding tert-OH is 1. The fourth-order valence-electron chi connectivity index (χ4n) is 0.947. The molecule has 1 aromatic heterocycles. The van der Waals surface area contributed by atoms with E-state index in [0.717, 1.165) is 0 Å². The van der Waals surface area contributed by atoms with Gasteiger partial charge in [-0.25, -0.2) is 4.98 Å². The Morgan fingerprint density at radius 2 is 2.14 bits per heavy atom. The number of halogens is 3. The van der Waals surface area contributed by atoms with Crippen LogP contribution in [0.25, 0.3) is 0 Å². The van der Waals surface area contributed by atoms with E-state index in [-0.39, 0.29) is 11.4 Å². The van der Waals surface area contributed by atoms with Gasteiger partial charge in [-0.15, -0.1) is 0 Å². The van der Waals surface area contributed by atoms with Gasteiger partial charge in [-0.2, -0.15) is 13.2 Å². The Morgan fingerprint density at radius 1 is 1.50 bits per heavy atom. The SMILES string of the molecule is Nc1ncccc1CC(O)C(F)(F)F. The molecule has 0 aliphatic rings. The van der Waals surface area contributed by atoms with Crippen molar-refractivity contribution in [1.29, 1.82) is 0 Å². The summed E-state index contributed by atoms with van der Waals surface area (Å²) < 4.78 is 35.9. The molecular weight excluding hydrogens is 197 g/mol. The molecule has 0 spiro atoms. The first-order chi connectivity index (χ1) is 6.41. The molecule has 0 fully saturated rings. The lowest BCUT2D eigenvalue weighted by atomic mass is 10.1. The zero-order chi connectivity index (χ0) is 10.8. The Bertz CT molecular complexity index is 314. The van der Waals surface area contributed by atoms with Gasteiger partial charge in [-0.05, 0) is 11.6 Å². The lowest BCUT2D eigenvalue weighted by Gasteiger charge is -2.14. The first-order valence-electron chi connectivity index (χ1n) is 3.85. The highest BCUT2D eigenvalue weighted by Crippen LogP contribution is 2.23. The van der Waals surface area contributed by atoms with Crippen molar-refractivity contribution in [3.8, 4) is 0 Å². The molecule has 0 aliphatic carbocycles. The number of aliphatic hydroxyl groups is 1. The Hall–Kier alpha value is -1.30. The molecule has 3 N–H and O–H groups in total. The Labute approximate surface area is 78.4 Å². The largest absolute Gasteiger partial charge is 0.414 e. The highest BCUT2D eigenvalue weighted by Gasteiger charge is 2.38. The van der Waals surface area contributed by atoms with Gasteiger partial charge in [0.1, 0.15) is 5.82 Å². The molecule has 1 aromatic rings. The van der Waals surface area contributed by atoms with Gasteiger partial charge in [0.15, 0.2) is 6.10 Å². The van der Waals surface area contributed by atoms with Gasteiger partial charge >= 0.3 is 6.18 Å². The van der Waals surface area contributed by atoms with Crippen LogP contribution in [0.4, 0.5) is 19.0 Å². The maximum absolute atomic E-state index is 12.0. The quantitative estimate of drug-likeness (QED) is 0.762. The molecule has 1 rings (SSSR count). The molecule has 1 heterocycles. The summed E-state index contributed by atoms with van der Waals surface area (Å²) in [5.41, 5.74) is 5.51. The molecule has 1 atom stereocenters. The van der Waals surface area contributed by atoms with Crippen LogP contribution in [-0.4, -0.2) is 22.4 Å². The van der Waals surface area contributed by atoms with E-state index in [2.05, 4.69) is 4.98 Å². The number of anilines is 1. The normalized spacial score (nSPS) is 14.0. The van der Waals surface area contributed by atoms with E-state index in [1.54, 1.807) is 0 Å². The van der Waals surface area contributed by atoms with E-state index in [4.69, 9.17) is 10.8 Å². The molecule has 0 bridgehead atoms. The van der Waals surface area contributed by atoms with Crippen molar-refractivity contribution in [3.63, 3.8) is 0 Å². The van der Waals surface area contributed by atoms with E-state index in [1.165, 1.54) is 18.3 Å². The molecule has 0 saturated carbocycles. The van der Waals surface area contributed by atoms with Crippen LogP contribution in [0, 0.1) is 0 Å². The fourth-order valence-corrected chi connectivity index (χ4v) is 0.947. The van der Waals surface area contributed by atoms with Crippen molar-refractivity contribution >= 4 is 5.82 Å². The van der Waals surface area contributed by atoms with Gasteiger partial charge < -0.3 is 10.8 Å². The van der Waals surface area contributed by atoms with Gasteiger partial charge in [0.2, 0.25) is 0 Å². The molecule has 1 unspecified atom stereocenters. The predicted octanol–water partition coefficient (Wildman–Crippen LogP) is 1.13. The number of aromatic nitrogens is 1. The van der Waals surface area contributed by atoms with Crippen molar-refractivity contribution in [3.05, 3.63) is 23.9 Å². The molecule has 0 radical (unpaired) electrons. The Morgan fingerprint density at radius 3 is 2.64 bits per heavy atom. The molecule has 78 valence electrons. The number of rotatable bonds is 2. The summed E-state index contributed by atoms with van der Waals surface area (Å²) in [5, 5.41) is 8.76. The molecule has 3 nitrogen and oxygen atoms in total. The van der Waals surface area contributed by atoms with Crippen LogP contribution in [-0.2, 0) is 6.42 Å². The van der Waals surface area contributed by atoms with Crippen LogP contribution in [0.3, 0.4) is 0 Å². The number of nitrogens with two attached hydrogens (primary N) is 1. The number of pyridine rings is 1. The first kappa shape index (κ1) is 10.8. The average Bonchev–Trinajstić information content (AvgIpc) is 2.07. The van der Waals surface area contributed by atoms with E-state index in [9.17, 15) is 13.2 Å². The molecule has 0 aliphatic heterocycles. The van der Waals surface area contributed by atoms with E-state index in [1.807, 2.05) is 0 Å².